The molecule has 1 atom stereocenters. The largest absolute Gasteiger partial charge is 0.450 e. The number of carbonyl (C=O) groups excluding carboxylic acids is 3. The number of piperazine rings is 1. The number of carbonyl (C=O) groups is 3. The zero-order chi connectivity index (χ0) is 23.3. The average molecular weight is 446 g/mol. The number of ether oxygens (including phenoxy) is 1. The van der Waals surface area contributed by atoms with E-state index in [0.29, 0.717) is 50.7 Å². The smallest absolute Gasteiger partial charge is 0.409 e. The van der Waals surface area contributed by atoms with Crippen molar-refractivity contribution in [3.63, 3.8) is 0 Å². The number of aromatic nitrogens is 4. The molecule has 0 bridgehead atoms. The number of rotatable bonds is 7. The van der Waals surface area contributed by atoms with E-state index in [9.17, 15) is 14.4 Å². The van der Waals surface area contributed by atoms with E-state index in [-0.39, 0.29) is 24.3 Å². The van der Waals surface area contributed by atoms with Crippen LogP contribution in [0.4, 0.5) is 10.5 Å². The highest BCUT2D eigenvalue weighted by Gasteiger charge is 2.29. The van der Waals surface area contributed by atoms with Gasteiger partial charge in [0.25, 0.3) is 0 Å². The summed E-state index contributed by atoms with van der Waals surface area (Å²) in [6.45, 7) is 9.86. The number of nitrogens with one attached hydrogen (secondary N) is 1. The molecule has 0 spiro atoms. The molecule has 1 aliphatic rings. The highest BCUT2D eigenvalue weighted by atomic mass is 16.6. The highest BCUT2D eigenvalue weighted by Crippen LogP contribution is 2.19. The summed E-state index contributed by atoms with van der Waals surface area (Å²) in [6, 6.07) is -0.527. The molecule has 3 rings (SSSR count). The minimum atomic E-state index is -0.527. The van der Waals surface area contributed by atoms with Crippen LogP contribution in [-0.2, 0) is 20.9 Å². The van der Waals surface area contributed by atoms with Crippen molar-refractivity contribution < 1.29 is 19.1 Å². The van der Waals surface area contributed by atoms with Crippen LogP contribution in [0.1, 0.15) is 37.6 Å². The molecule has 2 aromatic rings. The van der Waals surface area contributed by atoms with Crippen molar-refractivity contribution in [3.05, 3.63) is 29.8 Å². The van der Waals surface area contributed by atoms with Gasteiger partial charge in [0, 0.05) is 51.5 Å². The van der Waals surface area contributed by atoms with E-state index >= 15 is 0 Å². The molecule has 1 unspecified atom stereocenters. The van der Waals surface area contributed by atoms with Gasteiger partial charge in [-0.05, 0) is 33.3 Å². The predicted molar refractivity (Wildman–Crippen MR) is 117 cm³/mol. The minimum Gasteiger partial charge on any atom is -0.450 e. The van der Waals surface area contributed by atoms with E-state index in [1.54, 1.807) is 52.3 Å². The molecule has 0 aliphatic carbocycles. The Kier molecular flexibility index (Phi) is 7.49. The Hall–Kier alpha value is -3.37. The second kappa shape index (κ2) is 10.3. The summed E-state index contributed by atoms with van der Waals surface area (Å²) in [5, 5.41) is 11.5. The summed E-state index contributed by atoms with van der Waals surface area (Å²) >= 11 is 0. The standard InChI is InChI=1S/C21H31N7O4/c1-5-32-21(31)26-10-8-25(9-11-26)20(30)17(4)28-14-18(16(3)24-28)23-19(29)6-7-27-13-15(2)12-22-27/h12-14,17H,5-11H2,1-4H3,(H,23,29). The first-order valence-electron chi connectivity index (χ1n) is 10.8. The first kappa shape index (κ1) is 23.3. The Bertz CT molecular complexity index is 959. The molecule has 0 radical (unpaired) electrons. The minimum absolute atomic E-state index is 0.0806. The van der Waals surface area contributed by atoms with Gasteiger partial charge in [-0.1, -0.05) is 0 Å². The summed E-state index contributed by atoms with van der Waals surface area (Å²) in [5.41, 5.74) is 2.27. The molecule has 0 saturated carbocycles. The van der Waals surface area contributed by atoms with Crippen molar-refractivity contribution in [2.45, 2.75) is 46.7 Å². The average Bonchev–Trinajstić information content (AvgIpc) is 3.36. The molecule has 1 fully saturated rings. The second-order valence-electron chi connectivity index (χ2n) is 7.87. The summed E-state index contributed by atoms with van der Waals surface area (Å²) in [5.74, 6) is -0.224. The third-order valence-corrected chi connectivity index (χ3v) is 5.39. The SMILES string of the molecule is CCOC(=O)N1CCN(C(=O)C(C)n2cc(NC(=O)CCn3cc(C)cn3)c(C)n2)CC1. The lowest BCUT2D eigenvalue weighted by molar-refractivity contribution is -0.136. The zero-order valence-electron chi connectivity index (χ0n) is 19.1. The predicted octanol–water partition coefficient (Wildman–Crippen LogP) is 1.59. The topological polar surface area (TPSA) is 115 Å². The number of anilines is 1. The van der Waals surface area contributed by atoms with Crippen LogP contribution < -0.4 is 5.32 Å². The summed E-state index contributed by atoms with van der Waals surface area (Å²) in [7, 11) is 0. The van der Waals surface area contributed by atoms with Crippen LogP contribution in [-0.4, -0.2) is 80.1 Å². The maximum absolute atomic E-state index is 12.9. The third-order valence-electron chi connectivity index (χ3n) is 5.39. The number of nitrogens with zero attached hydrogens (tertiary/aromatic N) is 6. The molecule has 3 heterocycles. The van der Waals surface area contributed by atoms with E-state index in [0.717, 1.165) is 5.56 Å². The monoisotopic (exact) mass is 445 g/mol. The van der Waals surface area contributed by atoms with Gasteiger partial charge >= 0.3 is 6.09 Å². The molecular formula is C21H31N7O4. The number of aryl methyl sites for hydroxylation is 3. The zero-order valence-corrected chi connectivity index (χ0v) is 19.1. The molecule has 3 amide bonds. The van der Waals surface area contributed by atoms with E-state index in [2.05, 4.69) is 15.5 Å². The normalized spacial score (nSPS) is 14.9. The van der Waals surface area contributed by atoms with Crippen molar-refractivity contribution in [1.82, 2.24) is 29.4 Å². The number of amides is 3. The van der Waals surface area contributed by atoms with Gasteiger partial charge in [0.15, 0.2) is 0 Å². The lowest BCUT2D eigenvalue weighted by Gasteiger charge is -2.35. The lowest BCUT2D eigenvalue weighted by atomic mass is 10.2. The fourth-order valence-electron chi connectivity index (χ4n) is 3.52. The molecular weight excluding hydrogens is 414 g/mol. The van der Waals surface area contributed by atoms with Gasteiger partial charge in [0.05, 0.1) is 24.2 Å². The van der Waals surface area contributed by atoms with E-state index in [1.165, 1.54) is 0 Å². The fourth-order valence-corrected chi connectivity index (χ4v) is 3.52. The fraction of sp³-hybridized carbons (Fsp3) is 0.571. The van der Waals surface area contributed by atoms with Gasteiger partial charge in [-0.2, -0.15) is 10.2 Å². The van der Waals surface area contributed by atoms with Gasteiger partial charge in [-0.15, -0.1) is 0 Å². The third kappa shape index (κ3) is 5.65. The summed E-state index contributed by atoms with van der Waals surface area (Å²) in [4.78, 5) is 40.4. The number of hydrogen-bond acceptors (Lipinski definition) is 6. The molecule has 11 nitrogen and oxygen atoms in total. The van der Waals surface area contributed by atoms with Crippen LogP contribution in [0, 0.1) is 13.8 Å². The molecule has 1 N–H and O–H groups in total. The second-order valence-corrected chi connectivity index (χ2v) is 7.87. The highest BCUT2D eigenvalue weighted by molar-refractivity contribution is 5.91. The van der Waals surface area contributed by atoms with Gasteiger partial charge in [0.2, 0.25) is 11.8 Å². The van der Waals surface area contributed by atoms with Crippen LogP contribution in [0.2, 0.25) is 0 Å². The molecule has 1 aliphatic heterocycles. The quantitative estimate of drug-likeness (QED) is 0.692. The van der Waals surface area contributed by atoms with Crippen LogP contribution in [0.3, 0.4) is 0 Å². The Labute approximate surface area is 187 Å². The lowest BCUT2D eigenvalue weighted by Crippen LogP contribution is -2.52. The molecule has 32 heavy (non-hydrogen) atoms. The van der Waals surface area contributed by atoms with Crippen LogP contribution in [0.5, 0.6) is 0 Å². The Morgan fingerprint density at radius 1 is 1.12 bits per heavy atom. The summed E-state index contributed by atoms with van der Waals surface area (Å²) < 4.78 is 8.32. The Morgan fingerprint density at radius 2 is 1.81 bits per heavy atom. The van der Waals surface area contributed by atoms with Crippen LogP contribution >= 0.6 is 0 Å². The van der Waals surface area contributed by atoms with Crippen molar-refractivity contribution in [1.29, 1.82) is 0 Å². The Balaban J connectivity index is 1.53. The van der Waals surface area contributed by atoms with E-state index in [1.807, 2.05) is 13.1 Å². The number of hydrogen-bond donors (Lipinski definition) is 1. The first-order valence-corrected chi connectivity index (χ1v) is 10.8. The molecule has 11 heteroatoms. The van der Waals surface area contributed by atoms with Crippen molar-refractivity contribution in [3.8, 4) is 0 Å². The van der Waals surface area contributed by atoms with Gasteiger partial charge < -0.3 is 19.9 Å². The summed E-state index contributed by atoms with van der Waals surface area (Å²) in [6.07, 6.45) is 5.25. The van der Waals surface area contributed by atoms with Gasteiger partial charge in [0.1, 0.15) is 6.04 Å². The molecule has 1 saturated heterocycles. The van der Waals surface area contributed by atoms with E-state index in [4.69, 9.17) is 4.74 Å². The molecule has 0 aromatic carbocycles. The molecule has 174 valence electrons. The van der Waals surface area contributed by atoms with Crippen molar-refractivity contribution in [2.75, 3.05) is 38.1 Å². The maximum atomic E-state index is 12.9. The van der Waals surface area contributed by atoms with Gasteiger partial charge in [-0.25, -0.2) is 4.79 Å². The Morgan fingerprint density at radius 3 is 2.44 bits per heavy atom. The van der Waals surface area contributed by atoms with Crippen molar-refractivity contribution in [2.24, 2.45) is 0 Å². The van der Waals surface area contributed by atoms with Crippen LogP contribution in [0.15, 0.2) is 18.6 Å². The molecule has 2 aromatic heterocycles. The van der Waals surface area contributed by atoms with E-state index < -0.39 is 6.04 Å². The van der Waals surface area contributed by atoms with Crippen LogP contribution in [0.25, 0.3) is 0 Å². The first-order chi connectivity index (χ1) is 15.3. The maximum Gasteiger partial charge on any atom is 0.409 e. The van der Waals surface area contributed by atoms with Gasteiger partial charge in [-0.3, -0.25) is 19.0 Å². The van der Waals surface area contributed by atoms with Crippen molar-refractivity contribution >= 4 is 23.6 Å².